The molecule has 0 amide bonds. The molecule has 0 bridgehead atoms. The first-order chi connectivity index (χ1) is 8.10. The Balaban J connectivity index is 2.86. The molecule has 0 atom stereocenters. The van der Waals surface area contributed by atoms with Crippen molar-refractivity contribution < 1.29 is 23.6 Å². The predicted octanol–water partition coefficient (Wildman–Crippen LogP) is 1.27. The average Bonchev–Trinajstić information content (AvgIpc) is 2.61. The lowest BCUT2D eigenvalue weighted by atomic mass is 10.1. The van der Waals surface area contributed by atoms with E-state index in [1.807, 2.05) is 0 Å². The maximum atomic E-state index is 11.5. The third kappa shape index (κ3) is 3.30. The normalized spacial score (nSPS) is 10.1. The van der Waals surface area contributed by atoms with Crippen molar-refractivity contribution in [2.45, 2.75) is 27.2 Å². The molecule has 0 aliphatic carbocycles. The number of carbonyl (C=O) groups is 2. The van der Waals surface area contributed by atoms with Gasteiger partial charge in [0.1, 0.15) is 5.76 Å². The van der Waals surface area contributed by atoms with Gasteiger partial charge in [0.15, 0.2) is 5.69 Å². The van der Waals surface area contributed by atoms with Crippen molar-refractivity contribution in [1.82, 2.24) is 5.16 Å². The molecule has 6 nitrogen and oxygen atoms in total. The number of ether oxygens (including phenoxy) is 2. The summed E-state index contributed by atoms with van der Waals surface area (Å²) in [5.74, 6) is -0.603. The zero-order valence-electron chi connectivity index (χ0n) is 10.1. The molecule has 6 heteroatoms. The van der Waals surface area contributed by atoms with Crippen LogP contribution >= 0.6 is 0 Å². The molecule has 0 saturated carbocycles. The first-order valence-electron chi connectivity index (χ1n) is 5.38. The molecule has 0 fully saturated rings. The lowest BCUT2D eigenvalue weighted by Crippen LogP contribution is -2.13. The molecule has 0 aliphatic rings. The summed E-state index contributed by atoms with van der Waals surface area (Å²) >= 11 is 0. The molecule has 0 N–H and O–H groups in total. The maximum absolute atomic E-state index is 11.5. The molecule has 0 aromatic carbocycles. The van der Waals surface area contributed by atoms with Gasteiger partial charge in [-0.1, -0.05) is 5.16 Å². The molecule has 1 aromatic heterocycles. The number of rotatable bonds is 5. The molecule has 1 aromatic rings. The Morgan fingerprint density at radius 1 is 1.24 bits per heavy atom. The fourth-order valence-electron chi connectivity index (χ4n) is 1.32. The number of aryl methyl sites for hydroxylation is 1. The van der Waals surface area contributed by atoms with Gasteiger partial charge in [0.2, 0.25) is 0 Å². The first-order valence-corrected chi connectivity index (χ1v) is 5.38. The van der Waals surface area contributed by atoms with Crippen LogP contribution in [0.4, 0.5) is 0 Å². The summed E-state index contributed by atoms with van der Waals surface area (Å²) in [6.45, 7) is 5.56. The van der Waals surface area contributed by atoms with E-state index in [1.54, 1.807) is 20.8 Å². The lowest BCUT2D eigenvalue weighted by molar-refractivity contribution is -0.142. The molecular weight excluding hydrogens is 226 g/mol. The van der Waals surface area contributed by atoms with Crippen LogP contribution in [0.5, 0.6) is 0 Å². The van der Waals surface area contributed by atoms with Crippen LogP contribution in [0.3, 0.4) is 0 Å². The van der Waals surface area contributed by atoms with E-state index >= 15 is 0 Å². The molecule has 1 rings (SSSR count). The fourth-order valence-corrected chi connectivity index (χ4v) is 1.32. The highest BCUT2D eigenvalue weighted by Gasteiger charge is 2.23. The van der Waals surface area contributed by atoms with E-state index in [4.69, 9.17) is 14.0 Å². The highest BCUT2D eigenvalue weighted by Crippen LogP contribution is 2.15. The van der Waals surface area contributed by atoms with Crippen molar-refractivity contribution >= 4 is 11.9 Å². The molecule has 0 radical (unpaired) electrons. The van der Waals surface area contributed by atoms with Crippen molar-refractivity contribution in [2.24, 2.45) is 0 Å². The predicted molar refractivity (Wildman–Crippen MR) is 57.5 cm³/mol. The van der Waals surface area contributed by atoms with Crippen molar-refractivity contribution in [2.75, 3.05) is 13.2 Å². The second-order valence-electron chi connectivity index (χ2n) is 3.27. The van der Waals surface area contributed by atoms with Gasteiger partial charge in [-0.25, -0.2) is 4.79 Å². The number of nitrogens with zero attached hydrogens (tertiary/aromatic N) is 1. The summed E-state index contributed by atoms with van der Waals surface area (Å²) in [6.07, 6.45) is -0.0443. The van der Waals surface area contributed by atoms with E-state index in [2.05, 4.69) is 5.16 Å². The van der Waals surface area contributed by atoms with E-state index in [9.17, 15) is 9.59 Å². The van der Waals surface area contributed by atoms with Crippen molar-refractivity contribution in [3.05, 3.63) is 17.0 Å². The fraction of sp³-hybridized carbons (Fsp3) is 0.545. The molecule has 0 spiro atoms. The van der Waals surface area contributed by atoms with Crippen molar-refractivity contribution in [3.63, 3.8) is 0 Å². The molecule has 0 unspecified atom stereocenters. The smallest absolute Gasteiger partial charge is 0.360 e. The van der Waals surface area contributed by atoms with Gasteiger partial charge < -0.3 is 14.0 Å². The van der Waals surface area contributed by atoms with Crippen LogP contribution in [0.25, 0.3) is 0 Å². The van der Waals surface area contributed by atoms with Crippen LogP contribution < -0.4 is 0 Å². The molecule has 1 heterocycles. The third-order valence-corrected chi connectivity index (χ3v) is 2.08. The van der Waals surface area contributed by atoms with Gasteiger partial charge in [0.05, 0.1) is 19.6 Å². The van der Waals surface area contributed by atoms with E-state index in [0.717, 1.165) is 0 Å². The van der Waals surface area contributed by atoms with Gasteiger partial charge in [0.25, 0.3) is 0 Å². The quantitative estimate of drug-likeness (QED) is 0.722. The standard InChI is InChI=1S/C11H15NO5/c1-4-15-9(13)6-8-7(3)17-12-10(8)11(14)16-5-2/h4-6H2,1-3H3. The Kier molecular flexibility index (Phi) is 4.68. The van der Waals surface area contributed by atoms with Crippen molar-refractivity contribution in [1.29, 1.82) is 0 Å². The van der Waals surface area contributed by atoms with Crippen LogP contribution in [0.2, 0.25) is 0 Å². The average molecular weight is 241 g/mol. The monoisotopic (exact) mass is 241 g/mol. The maximum Gasteiger partial charge on any atom is 0.360 e. The Morgan fingerprint density at radius 3 is 2.47 bits per heavy atom. The van der Waals surface area contributed by atoms with Gasteiger partial charge in [-0.3, -0.25) is 4.79 Å². The Hall–Kier alpha value is -1.85. The number of carbonyl (C=O) groups excluding carboxylic acids is 2. The number of esters is 2. The summed E-state index contributed by atoms with van der Waals surface area (Å²) in [5, 5.41) is 3.59. The van der Waals surface area contributed by atoms with Gasteiger partial charge in [-0.15, -0.1) is 0 Å². The molecule has 94 valence electrons. The van der Waals surface area contributed by atoms with Crippen molar-refractivity contribution in [3.8, 4) is 0 Å². The van der Waals surface area contributed by atoms with E-state index in [1.165, 1.54) is 0 Å². The second kappa shape index (κ2) is 6.03. The highest BCUT2D eigenvalue weighted by atomic mass is 16.5. The zero-order chi connectivity index (χ0) is 12.8. The van der Waals surface area contributed by atoms with Crippen LogP contribution in [0.1, 0.15) is 35.7 Å². The van der Waals surface area contributed by atoms with Crippen LogP contribution in [-0.4, -0.2) is 30.3 Å². The second-order valence-corrected chi connectivity index (χ2v) is 3.27. The summed E-state index contributed by atoms with van der Waals surface area (Å²) in [6, 6.07) is 0. The number of hydrogen-bond donors (Lipinski definition) is 0. The molecule has 17 heavy (non-hydrogen) atoms. The van der Waals surface area contributed by atoms with Gasteiger partial charge >= 0.3 is 11.9 Å². The zero-order valence-corrected chi connectivity index (χ0v) is 10.1. The summed E-state index contributed by atoms with van der Waals surface area (Å²) in [7, 11) is 0. The van der Waals surface area contributed by atoms with Crippen LogP contribution in [0.15, 0.2) is 4.52 Å². The molecule has 0 aliphatic heterocycles. The summed E-state index contributed by atoms with van der Waals surface area (Å²) in [4.78, 5) is 22.9. The minimum absolute atomic E-state index is 0.0393. The van der Waals surface area contributed by atoms with E-state index < -0.39 is 11.9 Å². The Labute approximate surface area is 98.9 Å². The Morgan fingerprint density at radius 2 is 1.88 bits per heavy atom. The largest absolute Gasteiger partial charge is 0.466 e. The summed E-state index contributed by atoms with van der Waals surface area (Å²) < 4.78 is 14.5. The van der Waals surface area contributed by atoms with Crippen LogP contribution in [-0.2, 0) is 20.7 Å². The number of aromatic nitrogens is 1. The minimum atomic E-state index is -0.594. The highest BCUT2D eigenvalue weighted by molar-refractivity contribution is 5.90. The SMILES string of the molecule is CCOC(=O)Cc1c(C(=O)OCC)noc1C. The van der Waals surface area contributed by atoms with Crippen LogP contribution in [0, 0.1) is 6.92 Å². The molecular formula is C11H15NO5. The van der Waals surface area contributed by atoms with Gasteiger partial charge in [-0.05, 0) is 20.8 Å². The lowest BCUT2D eigenvalue weighted by Gasteiger charge is -2.02. The van der Waals surface area contributed by atoms with E-state index in [-0.39, 0.29) is 25.3 Å². The summed E-state index contributed by atoms with van der Waals surface area (Å²) in [5.41, 5.74) is 0.458. The van der Waals surface area contributed by atoms with E-state index in [0.29, 0.717) is 11.3 Å². The van der Waals surface area contributed by atoms with Gasteiger partial charge in [0, 0.05) is 5.56 Å². The Bertz CT molecular complexity index is 410. The molecule has 0 saturated heterocycles. The topological polar surface area (TPSA) is 78.6 Å². The number of hydrogen-bond acceptors (Lipinski definition) is 6. The third-order valence-electron chi connectivity index (χ3n) is 2.08. The first kappa shape index (κ1) is 13.2. The van der Waals surface area contributed by atoms with Gasteiger partial charge in [-0.2, -0.15) is 0 Å². The minimum Gasteiger partial charge on any atom is -0.466 e.